The summed E-state index contributed by atoms with van der Waals surface area (Å²) in [6.45, 7) is 1.68. The first-order chi connectivity index (χ1) is 16.3. The normalized spacial score (nSPS) is 17.6. The number of amides is 3. The zero-order chi connectivity index (χ0) is 24.2. The standard InChI is InChI=1S/C23H19BrCl2N2O5S/c24-16-2-4-19(33-13-14-1-3-17(25)11-18(14)26)15(9-16)10-20-22(30)28(23(31)34-20)12-21(29)27-5-7-32-8-6-27/h1-4,9-11H,5-8,12-13H2/b20-10+. The highest BCUT2D eigenvalue weighted by Gasteiger charge is 2.37. The molecule has 0 N–H and O–H groups in total. The minimum atomic E-state index is -0.511. The van der Waals surface area contributed by atoms with Gasteiger partial charge in [-0.2, -0.15) is 0 Å². The van der Waals surface area contributed by atoms with Crippen LogP contribution in [0.3, 0.4) is 0 Å². The highest BCUT2D eigenvalue weighted by Crippen LogP contribution is 2.35. The van der Waals surface area contributed by atoms with Crippen molar-refractivity contribution >= 4 is 74.0 Å². The maximum absolute atomic E-state index is 12.9. The van der Waals surface area contributed by atoms with Crippen molar-refractivity contribution in [2.24, 2.45) is 0 Å². The van der Waals surface area contributed by atoms with Crippen molar-refractivity contribution in [3.05, 3.63) is 66.9 Å². The van der Waals surface area contributed by atoms with Crippen molar-refractivity contribution in [2.75, 3.05) is 32.8 Å². The van der Waals surface area contributed by atoms with Gasteiger partial charge in [0.15, 0.2) is 0 Å². The molecule has 0 unspecified atom stereocenters. The van der Waals surface area contributed by atoms with Crippen LogP contribution in [0.15, 0.2) is 45.8 Å². The lowest BCUT2D eigenvalue weighted by Crippen LogP contribution is -2.46. The van der Waals surface area contributed by atoms with Crippen LogP contribution < -0.4 is 4.74 Å². The van der Waals surface area contributed by atoms with Gasteiger partial charge in [-0.1, -0.05) is 45.2 Å². The van der Waals surface area contributed by atoms with Gasteiger partial charge in [0.2, 0.25) is 5.91 Å². The molecule has 11 heteroatoms. The van der Waals surface area contributed by atoms with Crippen molar-refractivity contribution in [2.45, 2.75) is 6.61 Å². The lowest BCUT2D eigenvalue weighted by molar-refractivity contribution is -0.139. The van der Waals surface area contributed by atoms with Gasteiger partial charge in [0.25, 0.3) is 11.1 Å². The molecule has 7 nitrogen and oxygen atoms in total. The third-order valence-electron chi connectivity index (χ3n) is 5.19. The Bertz CT molecular complexity index is 1170. The highest BCUT2D eigenvalue weighted by atomic mass is 79.9. The quantitative estimate of drug-likeness (QED) is 0.432. The summed E-state index contributed by atoms with van der Waals surface area (Å²) in [7, 11) is 0. The number of hydrogen-bond donors (Lipinski definition) is 0. The Balaban J connectivity index is 1.50. The summed E-state index contributed by atoms with van der Waals surface area (Å²) in [4.78, 5) is 40.7. The summed E-state index contributed by atoms with van der Waals surface area (Å²) in [5.41, 5.74) is 1.35. The Hall–Kier alpha value is -2.04. The van der Waals surface area contributed by atoms with E-state index in [0.717, 1.165) is 26.7 Å². The number of carbonyl (C=O) groups excluding carboxylic acids is 3. The van der Waals surface area contributed by atoms with Crippen molar-refractivity contribution in [1.82, 2.24) is 9.80 Å². The summed E-state index contributed by atoms with van der Waals surface area (Å²) < 4.78 is 12.0. The molecule has 2 aliphatic rings. The Kier molecular flexibility index (Phi) is 8.21. The second-order valence-corrected chi connectivity index (χ2v) is 10.2. The van der Waals surface area contributed by atoms with Gasteiger partial charge in [-0.15, -0.1) is 0 Å². The number of rotatable bonds is 6. The van der Waals surface area contributed by atoms with E-state index in [2.05, 4.69) is 15.9 Å². The first-order valence-electron chi connectivity index (χ1n) is 10.3. The Morgan fingerprint density at radius 3 is 2.65 bits per heavy atom. The molecule has 2 aromatic carbocycles. The summed E-state index contributed by atoms with van der Waals surface area (Å²) in [5.74, 6) is -0.285. The van der Waals surface area contributed by atoms with E-state index in [1.807, 2.05) is 6.07 Å². The van der Waals surface area contributed by atoms with Crippen molar-refractivity contribution in [3.8, 4) is 5.75 Å². The van der Waals surface area contributed by atoms with Crippen LogP contribution in [-0.4, -0.2) is 59.7 Å². The number of morpholine rings is 1. The molecule has 0 aliphatic carbocycles. The molecule has 3 amide bonds. The van der Waals surface area contributed by atoms with E-state index in [1.54, 1.807) is 41.3 Å². The average molecular weight is 586 g/mol. The fourth-order valence-corrected chi connectivity index (χ4v) is 5.05. The highest BCUT2D eigenvalue weighted by molar-refractivity contribution is 9.10. The summed E-state index contributed by atoms with van der Waals surface area (Å²) >= 11 is 16.4. The lowest BCUT2D eigenvalue weighted by Gasteiger charge is -2.28. The van der Waals surface area contributed by atoms with Crippen LogP contribution in [0.2, 0.25) is 10.0 Å². The zero-order valence-electron chi connectivity index (χ0n) is 17.8. The molecular weight excluding hydrogens is 567 g/mol. The Morgan fingerprint density at radius 1 is 1.15 bits per heavy atom. The minimum absolute atomic E-state index is 0.188. The molecule has 0 saturated carbocycles. The van der Waals surface area contributed by atoms with E-state index >= 15 is 0 Å². The van der Waals surface area contributed by atoms with Crippen LogP contribution in [0.1, 0.15) is 11.1 Å². The number of thioether (sulfide) groups is 1. The predicted octanol–water partition coefficient (Wildman–Crippen LogP) is 5.23. The van der Waals surface area contributed by atoms with Gasteiger partial charge in [0.05, 0.1) is 18.1 Å². The molecule has 0 bridgehead atoms. The predicted molar refractivity (Wildman–Crippen MR) is 135 cm³/mol. The molecule has 2 heterocycles. The van der Waals surface area contributed by atoms with Gasteiger partial charge >= 0.3 is 0 Å². The average Bonchev–Trinajstić information content (AvgIpc) is 3.07. The molecule has 2 saturated heterocycles. The number of imide groups is 1. The largest absolute Gasteiger partial charge is 0.488 e. The molecule has 4 rings (SSSR count). The van der Waals surface area contributed by atoms with E-state index in [1.165, 1.54) is 0 Å². The molecule has 2 aliphatic heterocycles. The molecule has 0 spiro atoms. The molecule has 178 valence electrons. The molecule has 34 heavy (non-hydrogen) atoms. The summed E-state index contributed by atoms with van der Waals surface area (Å²) in [5, 5.41) is 0.529. The SMILES string of the molecule is O=C(CN1C(=O)S/C(=C/c2cc(Br)ccc2OCc2ccc(Cl)cc2Cl)C1=O)N1CCOCC1. The number of carbonyl (C=O) groups is 3. The van der Waals surface area contributed by atoms with Crippen LogP contribution >= 0.6 is 50.9 Å². The summed E-state index contributed by atoms with van der Waals surface area (Å²) in [6.07, 6.45) is 1.59. The molecule has 0 aromatic heterocycles. The second kappa shape index (κ2) is 11.1. The van der Waals surface area contributed by atoms with E-state index in [0.29, 0.717) is 47.7 Å². The van der Waals surface area contributed by atoms with Crippen molar-refractivity contribution < 1.29 is 23.9 Å². The molecule has 2 aromatic rings. The fourth-order valence-electron chi connectivity index (χ4n) is 3.38. The van der Waals surface area contributed by atoms with E-state index < -0.39 is 11.1 Å². The van der Waals surface area contributed by atoms with Gasteiger partial charge in [0, 0.05) is 38.7 Å². The van der Waals surface area contributed by atoms with E-state index in [-0.39, 0.29) is 24.0 Å². The number of ether oxygens (including phenoxy) is 2. The summed E-state index contributed by atoms with van der Waals surface area (Å²) in [6, 6.07) is 10.5. The first-order valence-corrected chi connectivity index (χ1v) is 12.7. The first kappa shape index (κ1) is 25.1. The second-order valence-electron chi connectivity index (χ2n) is 7.47. The van der Waals surface area contributed by atoms with Crippen molar-refractivity contribution in [3.63, 3.8) is 0 Å². The van der Waals surface area contributed by atoms with E-state index in [9.17, 15) is 14.4 Å². The van der Waals surface area contributed by atoms with Crippen LogP contribution in [-0.2, 0) is 20.9 Å². The molecule has 0 radical (unpaired) electrons. The monoisotopic (exact) mass is 584 g/mol. The maximum Gasteiger partial charge on any atom is 0.294 e. The van der Waals surface area contributed by atoms with Crippen molar-refractivity contribution in [1.29, 1.82) is 0 Å². The van der Waals surface area contributed by atoms with Crippen LogP contribution in [0.5, 0.6) is 5.75 Å². The van der Waals surface area contributed by atoms with Crippen LogP contribution in [0, 0.1) is 0 Å². The molecular formula is C23H19BrCl2N2O5S. The zero-order valence-corrected chi connectivity index (χ0v) is 21.7. The lowest BCUT2D eigenvalue weighted by atomic mass is 10.1. The number of nitrogens with zero attached hydrogens (tertiary/aromatic N) is 2. The minimum Gasteiger partial charge on any atom is -0.488 e. The third kappa shape index (κ3) is 5.95. The topological polar surface area (TPSA) is 76.2 Å². The Morgan fingerprint density at radius 2 is 1.91 bits per heavy atom. The van der Waals surface area contributed by atoms with Gasteiger partial charge in [-0.25, -0.2) is 0 Å². The Labute approximate surface area is 219 Å². The molecule has 0 atom stereocenters. The maximum atomic E-state index is 12.9. The fraction of sp³-hybridized carbons (Fsp3) is 0.261. The van der Waals surface area contributed by atoms with Gasteiger partial charge in [-0.05, 0) is 48.2 Å². The van der Waals surface area contributed by atoms with Gasteiger partial charge in [0.1, 0.15) is 18.9 Å². The smallest absolute Gasteiger partial charge is 0.294 e. The molecule has 2 fully saturated rings. The number of hydrogen-bond acceptors (Lipinski definition) is 6. The number of benzene rings is 2. The van der Waals surface area contributed by atoms with E-state index in [4.69, 9.17) is 32.7 Å². The third-order valence-corrected chi connectivity index (χ3v) is 7.18. The number of halogens is 3. The van der Waals surface area contributed by atoms with Crippen LogP contribution in [0.25, 0.3) is 6.08 Å². The van der Waals surface area contributed by atoms with Gasteiger partial charge < -0.3 is 14.4 Å². The van der Waals surface area contributed by atoms with Crippen LogP contribution in [0.4, 0.5) is 4.79 Å². The van der Waals surface area contributed by atoms with Gasteiger partial charge in [-0.3, -0.25) is 19.3 Å².